The van der Waals surface area contributed by atoms with Crippen molar-refractivity contribution in [3.63, 3.8) is 0 Å². The van der Waals surface area contributed by atoms with Crippen LogP contribution in [0.2, 0.25) is 0 Å². The van der Waals surface area contributed by atoms with Crippen LogP contribution in [0, 0.1) is 0 Å². The highest BCUT2D eigenvalue weighted by Crippen LogP contribution is 2.16. The van der Waals surface area contributed by atoms with Crippen LogP contribution < -0.4 is 4.74 Å². The van der Waals surface area contributed by atoms with Gasteiger partial charge >= 0.3 is 0 Å². The molecule has 0 amide bonds. The summed E-state index contributed by atoms with van der Waals surface area (Å²) in [5.41, 5.74) is 3.16. The lowest BCUT2D eigenvalue weighted by Gasteiger charge is -2.07. The second kappa shape index (κ2) is 8.84. The van der Waals surface area contributed by atoms with Crippen molar-refractivity contribution in [1.29, 1.82) is 0 Å². The van der Waals surface area contributed by atoms with Crippen LogP contribution >= 0.6 is 0 Å². The van der Waals surface area contributed by atoms with Gasteiger partial charge in [0.05, 0.1) is 0 Å². The van der Waals surface area contributed by atoms with E-state index in [1.165, 1.54) is 5.56 Å². The average Bonchev–Trinajstić information content (AvgIpc) is 2.68. The molecule has 25 heavy (non-hydrogen) atoms. The summed E-state index contributed by atoms with van der Waals surface area (Å²) in [7, 11) is 0. The smallest absolute Gasteiger partial charge is 0.162 e. The highest BCUT2D eigenvalue weighted by atomic mass is 16.5. The molecule has 0 heterocycles. The molecule has 3 aromatic rings. The lowest BCUT2D eigenvalue weighted by Crippen LogP contribution is -2.00. The van der Waals surface area contributed by atoms with Gasteiger partial charge in [0.2, 0.25) is 0 Å². The summed E-state index contributed by atoms with van der Waals surface area (Å²) in [4.78, 5) is 12.3. The number of benzene rings is 3. The van der Waals surface area contributed by atoms with Crippen molar-refractivity contribution in [3.05, 3.63) is 102 Å². The minimum atomic E-state index is 0.186. The standard InChI is InChI=1S/C23H22O2/c24-23(13-7-12-19-8-3-1-4-9-19)21-14-16-22(17-15-21)25-18-20-10-5-2-6-11-20/h1-6,8-11,14-17H,7,12-13,18H2. The molecular formula is C23H22O2. The summed E-state index contributed by atoms with van der Waals surface area (Å²) >= 11 is 0. The number of hydrogen-bond donors (Lipinski definition) is 0. The Morgan fingerprint density at radius 2 is 1.32 bits per heavy atom. The normalized spacial score (nSPS) is 10.4. The minimum absolute atomic E-state index is 0.186. The zero-order chi connectivity index (χ0) is 17.3. The van der Waals surface area contributed by atoms with Gasteiger partial charge in [0, 0.05) is 12.0 Å². The third kappa shape index (κ3) is 5.32. The molecule has 0 aliphatic carbocycles. The van der Waals surface area contributed by atoms with Crippen LogP contribution in [-0.2, 0) is 13.0 Å². The van der Waals surface area contributed by atoms with Crippen molar-refractivity contribution >= 4 is 5.78 Å². The van der Waals surface area contributed by atoms with Gasteiger partial charge in [-0.1, -0.05) is 60.7 Å². The number of ketones is 1. The van der Waals surface area contributed by atoms with E-state index in [0.29, 0.717) is 13.0 Å². The Kier molecular flexibility index (Phi) is 6.00. The molecule has 0 N–H and O–H groups in total. The van der Waals surface area contributed by atoms with Gasteiger partial charge in [-0.3, -0.25) is 4.79 Å². The Morgan fingerprint density at radius 1 is 0.720 bits per heavy atom. The van der Waals surface area contributed by atoms with Gasteiger partial charge in [-0.2, -0.15) is 0 Å². The molecule has 2 nitrogen and oxygen atoms in total. The monoisotopic (exact) mass is 330 g/mol. The Morgan fingerprint density at radius 3 is 1.96 bits per heavy atom. The molecule has 0 bridgehead atoms. The van der Waals surface area contributed by atoms with Crippen LogP contribution in [0.4, 0.5) is 0 Å². The number of carbonyl (C=O) groups is 1. The predicted molar refractivity (Wildman–Crippen MR) is 101 cm³/mol. The molecule has 0 unspecified atom stereocenters. The largest absolute Gasteiger partial charge is 0.489 e. The first-order chi connectivity index (χ1) is 12.3. The first-order valence-electron chi connectivity index (χ1n) is 8.65. The molecule has 0 aliphatic heterocycles. The Hall–Kier alpha value is -2.87. The van der Waals surface area contributed by atoms with Crippen LogP contribution in [-0.4, -0.2) is 5.78 Å². The molecule has 3 aromatic carbocycles. The number of Topliss-reactive ketones (excluding diaryl/α,β-unsaturated/α-hetero) is 1. The number of hydrogen-bond acceptors (Lipinski definition) is 2. The fraction of sp³-hybridized carbons (Fsp3) is 0.174. The number of aryl methyl sites for hydroxylation is 1. The zero-order valence-corrected chi connectivity index (χ0v) is 14.2. The molecular weight excluding hydrogens is 308 g/mol. The lowest BCUT2D eigenvalue weighted by atomic mass is 10.0. The molecule has 2 heteroatoms. The fourth-order valence-electron chi connectivity index (χ4n) is 2.72. The quantitative estimate of drug-likeness (QED) is 0.512. The molecule has 0 saturated carbocycles. The number of rotatable bonds is 8. The molecule has 126 valence electrons. The van der Waals surface area contributed by atoms with Crippen LogP contribution in [0.25, 0.3) is 0 Å². The molecule has 0 aliphatic rings. The molecule has 3 rings (SSSR count). The van der Waals surface area contributed by atoms with Gasteiger partial charge in [-0.25, -0.2) is 0 Å². The Balaban J connectivity index is 1.47. The second-order valence-corrected chi connectivity index (χ2v) is 6.06. The van der Waals surface area contributed by atoms with Gasteiger partial charge in [0.15, 0.2) is 5.78 Å². The van der Waals surface area contributed by atoms with E-state index in [4.69, 9.17) is 4.74 Å². The van der Waals surface area contributed by atoms with Crippen molar-refractivity contribution < 1.29 is 9.53 Å². The maximum Gasteiger partial charge on any atom is 0.162 e. The van der Waals surface area contributed by atoms with Crippen LogP contribution in [0.5, 0.6) is 5.75 Å². The maximum absolute atomic E-state index is 12.3. The van der Waals surface area contributed by atoms with Gasteiger partial charge in [-0.15, -0.1) is 0 Å². The third-order valence-electron chi connectivity index (χ3n) is 4.14. The maximum atomic E-state index is 12.3. The highest BCUT2D eigenvalue weighted by Gasteiger charge is 2.06. The summed E-state index contributed by atoms with van der Waals surface area (Å²) in [5.74, 6) is 0.968. The van der Waals surface area contributed by atoms with Crippen LogP contribution in [0.15, 0.2) is 84.9 Å². The van der Waals surface area contributed by atoms with Crippen molar-refractivity contribution in [2.75, 3.05) is 0 Å². The summed E-state index contributed by atoms with van der Waals surface area (Å²) in [5, 5.41) is 0. The van der Waals surface area contributed by atoms with E-state index in [1.807, 2.05) is 72.8 Å². The van der Waals surface area contributed by atoms with Gasteiger partial charge in [-0.05, 0) is 48.2 Å². The molecule has 0 fully saturated rings. The van der Waals surface area contributed by atoms with Crippen molar-refractivity contribution in [3.8, 4) is 5.75 Å². The van der Waals surface area contributed by atoms with Gasteiger partial charge in [0.1, 0.15) is 12.4 Å². The Labute approximate surface area is 149 Å². The fourth-order valence-corrected chi connectivity index (χ4v) is 2.72. The summed E-state index contributed by atoms with van der Waals surface area (Å²) < 4.78 is 5.75. The first kappa shape index (κ1) is 17.0. The summed E-state index contributed by atoms with van der Waals surface area (Å²) in [6.45, 7) is 0.533. The van der Waals surface area contributed by atoms with E-state index in [2.05, 4.69) is 12.1 Å². The molecule has 0 saturated heterocycles. The lowest BCUT2D eigenvalue weighted by molar-refractivity contribution is 0.0980. The Bertz CT molecular complexity index is 777. The molecule has 0 aromatic heterocycles. The van der Waals surface area contributed by atoms with E-state index in [0.717, 1.165) is 29.7 Å². The first-order valence-corrected chi connectivity index (χ1v) is 8.65. The van der Waals surface area contributed by atoms with Crippen molar-refractivity contribution in [1.82, 2.24) is 0 Å². The van der Waals surface area contributed by atoms with E-state index in [-0.39, 0.29) is 5.78 Å². The second-order valence-electron chi connectivity index (χ2n) is 6.06. The van der Waals surface area contributed by atoms with Gasteiger partial charge < -0.3 is 4.74 Å². The van der Waals surface area contributed by atoms with Crippen molar-refractivity contribution in [2.45, 2.75) is 25.9 Å². The van der Waals surface area contributed by atoms with Crippen LogP contribution in [0.3, 0.4) is 0 Å². The number of carbonyl (C=O) groups excluding carboxylic acids is 1. The third-order valence-corrected chi connectivity index (χ3v) is 4.14. The van der Waals surface area contributed by atoms with Crippen molar-refractivity contribution in [2.24, 2.45) is 0 Å². The SMILES string of the molecule is O=C(CCCc1ccccc1)c1ccc(OCc2ccccc2)cc1. The topological polar surface area (TPSA) is 26.3 Å². The summed E-state index contributed by atoms with van der Waals surface area (Å²) in [6, 6.07) is 27.8. The van der Waals surface area contributed by atoms with E-state index in [1.54, 1.807) is 0 Å². The number of ether oxygens (including phenoxy) is 1. The van der Waals surface area contributed by atoms with Crippen LogP contribution in [0.1, 0.15) is 34.3 Å². The average molecular weight is 330 g/mol. The van der Waals surface area contributed by atoms with E-state index >= 15 is 0 Å². The molecule has 0 spiro atoms. The van der Waals surface area contributed by atoms with E-state index in [9.17, 15) is 4.79 Å². The van der Waals surface area contributed by atoms with Gasteiger partial charge in [0.25, 0.3) is 0 Å². The zero-order valence-electron chi connectivity index (χ0n) is 14.2. The molecule has 0 radical (unpaired) electrons. The summed E-state index contributed by atoms with van der Waals surface area (Å²) in [6.07, 6.45) is 2.37. The predicted octanol–water partition coefficient (Wildman–Crippen LogP) is 5.47. The van der Waals surface area contributed by atoms with E-state index < -0.39 is 0 Å². The highest BCUT2D eigenvalue weighted by molar-refractivity contribution is 5.96. The minimum Gasteiger partial charge on any atom is -0.489 e. The molecule has 0 atom stereocenters.